The maximum Gasteiger partial charge on any atom is 0.404 e. The quantitative estimate of drug-likeness (QED) is 0.125. The van der Waals surface area contributed by atoms with E-state index in [1.54, 1.807) is 24.3 Å². The van der Waals surface area contributed by atoms with Crippen LogP contribution in [-0.4, -0.2) is 68.2 Å². The number of carboxylic acid groups (broad SMARTS) is 1. The molecule has 49 heavy (non-hydrogen) atoms. The molecule has 0 unspecified atom stereocenters. The van der Waals surface area contributed by atoms with E-state index in [2.05, 4.69) is 41.9 Å². The third-order valence-corrected chi connectivity index (χ3v) is 8.76. The van der Waals surface area contributed by atoms with Crippen LogP contribution in [0.4, 0.5) is 10.5 Å². The zero-order chi connectivity index (χ0) is 34.9. The summed E-state index contributed by atoms with van der Waals surface area (Å²) >= 11 is 0. The van der Waals surface area contributed by atoms with Crippen LogP contribution in [0.5, 0.6) is 0 Å². The lowest BCUT2D eigenvalue weighted by molar-refractivity contribution is -0.130. The first-order valence-electron chi connectivity index (χ1n) is 16.5. The molecule has 4 amide bonds. The molecule has 1 fully saturated rings. The molecule has 1 heterocycles. The lowest BCUT2D eigenvalue weighted by Gasteiger charge is -2.29. The largest absolute Gasteiger partial charge is 0.465 e. The third kappa shape index (κ3) is 9.49. The van der Waals surface area contributed by atoms with Crippen molar-refractivity contribution in [1.29, 1.82) is 0 Å². The third-order valence-electron chi connectivity index (χ3n) is 8.76. The van der Waals surface area contributed by atoms with Crippen LogP contribution in [-0.2, 0) is 16.0 Å². The molecule has 4 aromatic rings. The van der Waals surface area contributed by atoms with Gasteiger partial charge in [-0.3, -0.25) is 14.4 Å². The van der Waals surface area contributed by atoms with Gasteiger partial charge in [-0.1, -0.05) is 30.3 Å². The fourth-order valence-corrected chi connectivity index (χ4v) is 6.11. The van der Waals surface area contributed by atoms with Gasteiger partial charge in [0.2, 0.25) is 17.6 Å². The summed E-state index contributed by atoms with van der Waals surface area (Å²) in [6, 6.07) is 19.7. The van der Waals surface area contributed by atoms with Crippen molar-refractivity contribution in [3.05, 3.63) is 83.4 Å². The average molecular weight is 667 g/mol. The van der Waals surface area contributed by atoms with Crippen LogP contribution >= 0.6 is 0 Å². The van der Waals surface area contributed by atoms with Crippen molar-refractivity contribution in [3.63, 3.8) is 0 Å². The van der Waals surface area contributed by atoms with E-state index >= 15 is 0 Å². The van der Waals surface area contributed by atoms with E-state index in [1.807, 2.05) is 63.2 Å². The number of aryl methyl sites for hydroxylation is 1. The normalized spacial score (nSPS) is 16.4. The predicted molar refractivity (Wildman–Crippen MR) is 185 cm³/mol. The van der Waals surface area contributed by atoms with Crippen LogP contribution in [0.3, 0.4) is 0 Å². The minimum atomic E-state index is -1.05. The van der Waals surface area contributed by atoms with E-state index in [9.17, 15) is 19.2 Å². The molecule has 0 radical (unpaired) electrons. The van der Waals surface area contributed by atoms with E-state index in [1.165, 1.54) is 0 Å². The van der Waals surface area contributed by atoms with Gasteiger partial charge >= 0.3 is 6.09 Å². The SMILES string of the molecule is Cc1cc(C(=O)NC(C)C)ccc1-c1ccc(C[C@H](NC(=O)C2CCC(CNC(=O)O)CC2)C(=O)Nc2ccc(-c3nn[nH]n3)cc2)cc1. The molecule has 1 aromatic heterocycles. The van der Waals surface area contributed by atoms with Gasteiger partial charge in [-0.15, -0.1) is 10.2 Å². The molecule has 0 spiro atoms. The second-order valence-corrected chi connectivity index (χ2v) is 12.8. The maximum absolute atomic E-state index is 13.7. The smallest absolute Gasteiger partial charge is 0.404 e. The molecule has 5 rings (SSSR count). The van der Waals surface area contributed by atoms with Gasteiger partial charge in [-0.05, 0) is 116 Å². The number of H-pyrrole nitrogens is 1. The molecule has 3 aromatic carbocycles. The lowest BCUT2D eigenvalue weighted by Crippen LogP contribution is -2.48. The number of anilines is 1. The van der Waals surface area contributed by atoms with E-state index in [0.29, 0.717) is 36.5 Å². The van der Waals surface area contributed by atoms with Crippen LogP contribution < -0.4 is 21.3 Å². The van der Waals surface area contributed by atoms with Crippen LogP contribution in [0, 0.1) is 18.8 Å². The fraction of sp³-hybridized carbons (Fsp3) is 0.361. The zero-order valence-corrected chi connectivity index (χ0v) is 27.8. The monoisotopic (exact) mass is 666 g/mol. The van der Waals surface area contributed by atoms with Crippen molar-refractivity contribution in [2.75, 3.05) is 11.9 Å². The van der Waals surface area contributed by atoms with Crippen LogP contribution in [0.1, 0.15) is 61.0 Å². The number of nitrogens with one attached hydrogen (secondary N) is 5. The van der Waals surface area contributed by atoms with Crippen molar-refractivity contribution in [2.45, 2.75) is 65.0 Å². The summed E-state index contributed by atoms with van der Waals surface area (Å²) in [4.78, 5) is 50.5. The summed E-state index contributed by atoms with van der Waals surface area (Å²) in [5, 5.41) is 34.2. The molecular weight excluding hydrogens is 624 g/mol. The Balaban J connectivity index is 1.28. The highest BCUT2D eigenvalue weighted by atomic mass is 16.4. The number of hydrogen-bond donors (Lipinski definition) is 6. The molecule has 0 aliphatic heterocycles. The van der Waals surface area contributed by atoms with Crippen molar-refractivity contribution in [1.82, 2.24) is 36.6 Å². The Morgan fingerprint density at radius 1 is 0.898 bits per heavy atom. The Kier molecular flexibility index (Phi) is 11.3. The topological polar surface area (TPSA) is 191 Å². The molecule has 1 aliphatic rings. The van der Waals surface area contributed by atoms with Gasteiger partial charge in [0.25, 0.3) is 5.91 Å². The number of carbonyl (C=O) groups is 4. The molecule has 256 valence electrons. The summed E-state index contributed by atoms with van der Waals surface area (Å²) in [6.07, 6.45) is 1.92. The molecule has 1 atom stereocenters. The highest BCUT2D eigenvalue weighted by Crippen LogP contribution is 2.29. The second-order valence-electron chi connectivity index (χ2n) is 12.8. The van der Waals surface area contributed by atoms with E-state index in [-0.39, 0.29) is 42.0 Å². The van der Waals surface area contributed by atoms with Gasteiger partial charge in [0, 0.05) is 41.7 Å². The van der Waals surface area contributed by atoms with Gasteiger partial charge in [0.1, 0.15) is 6.04 Å². The van der Waals surface area contributed by atoms with Crippen molar-refractivity contribution in [2.24, 2.45) is 11.8 Å². The van der Waals surface area contributed by atoms with Gasteiger partial charge in [0.05, 0.1) is 0 Å². The Morgan fingerprint density at radius 2 is 1.59 bits per heavy atom. The van der Waals surface area contributed by atoms with Gasteiger partial charge < -0.3 is 26.4 Å². The number of benzene rings is 3. The summed E-state index contributed by atoms with van der Waals surface area (Å²) < 4.78 is 0. The zero-order valence-electron chi connectivity index (χ0n) is 27.8. The molecule has 0 bridgehead atoms. The first-order chi connectivity index (χ1) is 23.5. The number of rotatable bonds is 12. The number of aromatic amines is 1. The van der Waals surface area contributed by atoms with Crippen molar-refractivity contribution >= 4 is 29.5 Å². The first kappa shape index (κ1) is 34.7. The Hall–Kier alpha value is -5.59. The highest BCUT2D eigenvalue weighted by Gasteiger charge is 2.30. The minimum Gasteiger partial charge on any atom is -0.465 e. The Bertz CT molecular complexity index is 1750. The molecular formula is C36H42N8O5. The van der Waals surface area contributed by atoms with Crippen LogP contribution in [0.15, 0.2) is 66.7 Å². The molecule has 13 heteroatoms. The summed E-state index contributed by atoms with van der Waals surface area (Å²) in [7, 11) is 0. The first-order valence-corrected chi connectivity index (χ1v) is 16.5. The highest BCUT2D eigenvalue weighted by molar-refractivity contribution is 5.98. The lowest BCUT2D eigenvalue weighted by atomic mass is 9.81. The molecule has 13 nitrogen and oxygen atoms in total. The number of amides is 4. The maximum atomic E-state index is 13.7. The summed E-state index contributed by atoms with van der Waals surface area (Å²) in [5.74, 6) is -0.298. The van der Waals surface area contributed by atoms with Crippen LogP contribution in [0.25, 0.3) is 22.5 Å². The number of nitrogens with zero attached hydrogens (tertiary/aromatic N) is 3. The van der Waals surface area contributed by atoms with Crippen LogP contribution in [0.2, 0.25) is 0 Å². The van der Waals surface area contributed by atoms with Gasteiger partial charge in [-0.2, -0.15) is 5.21 Å². The minimum absolute atomic E-state index is 0.0436. The second kappa shape index (κ2) is 16.0. The van der Waals surface area contributed by atoms with E-state index in [0.717, 1.165) is 40.7 Å². The number of tetrazole rings is 1. The summed E-state index contributed by atoms with van der Waals surface area (Å²) in [6.45, 7) is 6.18. The Labute approximate surface area is 284 Å². The molecule has 6 N–H and O–H groups in total. The number of aromatic nitrogens is 4. The molecule has 1 saturated carbocycles. The Morgan fingerprint density at radius 3 is 2.20 bits per heavy atom. The van der Waals surface area contributed by atoms with E-state index in [4.69, 9.17) is 5.11 Å². The molecule has 1 aliphatic carbocycles. The standard InChI is InChI=1S/C36H42N8O5/c1-21(2)38-34(46)28-14-17-30(22(3)18-28)25-8-4-23(5-9-25)19-31(40-33(45)27-10-6-24(7-11-27)20-37-36(48)49)35(47)39-29-15-12-26(13-16-29)32-41-43-44-42-32/h4-5,8-9,12-18,21,24,27,31,37H,6-7,10-11,19-20H2,1-3H3,(H,38,46)(H,39,47)(H,40,45)(H,48,49)(H,41,42,43,44)/t24?,27?,31-/m0/s1. The van der Waals surface area contributed by atoms with Gasteiger partial charge in [-0.25, -0.2) is 4.79 Å². The number of hydrogen-bond acceptors (Lipinski definition) is 7. The number of carbonyl (C=O) groups excluding carboxylic acids is 3. The molecule has 0 saturated heterocycles. The average Bonchev–Trinajstić information content (AvgIpc) is 3.63. The summed E-state index contributed by atoms with van der Waals surface area (Å²) in [5.41, 5.74) is 5.68. The van der Waals surface area contributed by atoms with Gasteiger partial charge in [0.15, 0.2) is 0 Å². The van der Waals surface area contributed by atoms with E-state index < -0.39 is 12.1 Å². The predicted octanol–water partition coefficient (Wildman–Crippen LogP) is 4.72. The van der Waals surface area contributed by atoms with Crippen molar-refractivity contribution in [3.8, 4) is 22.5 Å². The van der Waals surface area contributed by atoms with Crippen molar-refractivity contribution < 1.29 is 24.3 Å². The fourth-order valence-electron chi connectivity index (χ4n) is 6.11.